The molecule has 2 nitrogen and oxygen atoms in total. The van der Waals surface area contributed by atoms with Crippen LogP contribution in [0.15, 0.2) is 24.3 Å². The van der Waals surface area contributed by atoms with E-state index < -0.39 is 0 Å². The standard InChI is InChI=1S/C16H24N2/c1-2-6-16-8-11-18(10-7-15(16)5-1)13-14-4-3-9-17-12-14/h1-2,5-6,14,17H,3-4,7-13H2. The summed E-state index contributed by atoms with van der Waals surface area (Å²) < 4.78 is 0. The van der Waals surface area contributed by atoms with Gasteiger partial charge in [0, 0.05) is 19.6 Å². The Labute approximate surface area is 110 Å². The fourth-order valence-corrected chi connectivity index (χ4v) is 3.34. The van der Waals surface area contributed by atoms with Crippen molar-refractivity contribution in [1.29, 1.82) is 0 Å². The fraction of sp³-hybridized carbons (Fsp3) is 0.625. The van der Waals surface area contributed by atoms with Crippen LogP contribution in [-0.4, -0.2) is 37.6 Å². The molecule has 0 aromatic heterocycles. The third kappa shape index (κ3) is 2.93. The molecular weight excluding hydrogens is 220 g/mol. The molecule has 1 aromatic carbocycles. The zero-order chi connectivity index (χ0) is 12.2. The first-order valence-corrected chi connectivity index (χ1v) is 7.41. The van der Waals surface area contributed by atoms with Crippen LogP contribution in [0, 0.1) is 5.92 Å². The minimum atomic E-state index is 0.875. The number of fused-ring (bicyclic) bond motifs is 1. The van der Waals surface area contributed by atoms with E-state index in [1.54, 1.807) is 11.1 Å². The molecule has 3 rings (SSSR count). The summed E-state index contributed by atoms with van der Waals surface area (Å²) in [6.07, 6.45) is 5.24. The van der Waals surface area contributed by atoms with E-state index in [0.717, 1.165) is 5.92 Å². The Morgan fingerprint density at radius 1 is 1.11 bits per heavy atom. The first-order chi connectivity index (χ1) is 8.92. The van der Waals surface area contributed by atoms with E-state index >= 15 is 0 Å². The SMILES string of the molecule is c1ccc2c(c1)CCN(CC1CCCNC1)CC2. The summed E-state index contributed by atoms with van der Waals surface area (Å²) in [7, 11) is 0. The summed E-state index contributed by atoms with van der Waals surface area (Å²) >= 11 is 0. The fourth-order valence-electron chi connectivity index (χ4n) is 3.34. The van der Waals surface area contributed by atoms with Crippen molar-refractivity contribution in [1.82, 2.24) is 10.2 Å². The molecule has 0 bridgehead atoms. The molecule has 2 heteroatoms. The predicted molar refractivity (Wildman–Crippen MR) is 75.9 cm³/mol. The van der Waals surface area contributed by atoms with Crippen LogP contribution in [0.2, 0.25) is 0 Å². The van der Waals surface area contributed by atoms with E-state index in [1.807, 2.05) is 0 Å². The van der Waals surface area contributed by atoms with E-state index in [9.17, 15) is 0 Å². The molecule has 0 amide bonds. The van der Waals surface area contributed by atoms with E-state index in [4.69, 9.17) is 0 Å². The summed E-state index contributed by atoms with van der Waals surface area (Å²) in [6.45, 7) is 6.23. The molecule has 1 unspecified atom stereocenters. The van der Waals surface area contributed by atoms with Crippen LogP contribution >= 0.6 is 0 Å². The molecule has 0 spiro atoms. The van der Waals surface area contributed by atoms with Crippen molar-refractivity contribution in [3.05, 3.63) is 35.4 Å². The lowest BCUT2D eigenvalue weighted by molar-refractivity contribution is 0.215. The van der Waals surface area contributed by atoms with Gasteiger partial charge in [-0.2, -0.15) is 0 Å². The summed E-state index contributed by atoms with van der Waals surface area (Å²) in [5.41, 5.74) is 3.14. The summed E-state index contributed by atoms with van der Waals surface area (Å²) in [4.78, 5) is 2.68. The van der Waals surface area contributed by atoms with E-state index in [0.29, 0.717) is 0 Å². The number of nitrogens with one attached hydrogen (secondary N) is 1. The molecule has 2 heterocycles. The second-order valence-electron chi connectivity index (χ2n) is 5.78. The number of hydrogen-bond donors (Lipinski definition) is 1. The van der Waals surface area contributed by atoms with Gasteiger partial charge in [-0.3, -0.25) is 0 Å². The quantitative estimate of drug-likeness (QED) is 0.857. The second-order valence-corrected chi connectivity index (χ2v) is 5.78. The zero-order valence-corrected chi connectivity index (χ0v) is 11.2. The Bertz CT molecular complexity index is 355. The summed E-state index contributed by atoms with van der Waals surface area (Å²) in [6, 6.07) is 8.97. The molecule has 1 atom stereocenters. The van der Waals surface area contributed by atoms with Crippen molar-refractivity contribution in [2.45, 2.75) is 25.7 Å². The molecule has 1 N–H and O–H groups in total. The van der Waals surface area contributed by atoms with Gasteiger partial charge >= 0.3 is 0 Å². The van der Waals surface area contributed by atoms with Crippen LogP contribution in [0.1, 0.15) is 24.0 Å². The largest absolute Gasteiger partial charge is 0.316 e. The highest BCUT2D eigenvalue weighted by molar-refractivity contribution is 5.28. The smallest absolute Gasteiger partial charge is 0.00222 e. The van der Waals surface area contributed by atoms with Crippen molar-refractivity contribution in [2.24, 2.45) is 5.92 Å². The highest BCUT2D eigenvalue weighted by Gasteiger charge is 2.19. The summed E-state index contributed by atoms with van der Waals surface area (Å²) in [5, 5.41) is 3.53. The van der Waals surface area contributed by atoms with Gasteiger partial charge in [0.1, 0.15) is 0 Å². The lowest BCUT2D eigenvalue weighted by Crippen LogP contribution is -2.39. The van der Waals surface area contributed by atoms with E-state index in [2.05, 4.69) is 34.5 Å². The molecule has 0 radical (unpaired) electrons. The maximum absolute atomic E-state index is 3.53. The molecule has 0 aliphatic carbocycles. The first-order valence-electron chi connectivity index (χ1n) is 7.41. The lowest BCUT2D eigenvalue weighted by Gasteiger charge is -2.29. The minimum absolute atomic E-state index is 0.875. The Kier molecular flexibility index (Phi) is 3.96. The van der Waals surface area contributed by atoms with Gasteiger partial charge in [-0.1, -0.05) is 24.3 Å². The van der Waals surface area contributed by atoms with Crippen molar-refractivity contribution in [3.63, 3.8) is 0 Å². The lowest BCUT2D eigenvalue weighted by atomic mass is 9.99. The van der Waals surface area contributed by atoms with E-state index in [-0.39, 0.29) is 0 Å². The number of benzene rings is 1. The topological polar surface area (TPSA) is 15.3 Å². The second kappa shape index (κ2) is 5.85. The van der Waals surface area contributed by atoms with Gasteiger partial charge in [0.15, 0.2) is 0 Å². The maximum atomic E-state index is 3.53. The zero-order valence-electron chi connectivity index (χ0n) is 11.2. The molecule has 1 saturated heterocycles. The third-order valence-electron chi connectivity index (χ3n) is 4.43. The van der Waals surface area contributed by atoms with Gasteiger partial charge in [-0.05, 0) is 55.8 Å². The molecule has 0 saturated carbocycles. The van der Waals surface area contributed by atoms with Crippen LogP contribution in [0.4, 0.5) is 0 Å². The maximum Gasteiger partial charge on any atom is 0.00222 e. The minimum Gasteiger partial charge on any atom is -0.316 e. The predicted octanol–water partition coefficient (Wildman–Crippen LogP) is 2.09. The van der Waals surface area contributed by atoms with Crippen molar-refractivity contribution in [2.75, 3.05) is 32.7 Å². The van der Waals surface area contributed by atoms with Crippen LogP contribution in [0.3, 0.4) is 0 Å². The third-order valence-corrected chi connectivity index (χ3v) is 4.43. The number of hydrogen-bond acceptors (Lipinski definition) is 2. The first kappa shape index (κ1) is 12.2. The number of piperidine rings is 1. The van der Waals surface area contributed by atoms with Gasteiger partial charge in [0.25, 0.3) is 0 Å². The van der Waals surface area contributed by atoms with Crippen LogP contribution in [0.25, 0.3) is 0 Å². The molecule has 2 aliphatic rings. The highest BCUT2D eigenvalue weighted by atomic mass is 15.1. The highest BCUT2D eigenvalue weighted by Crippen LogP contribution is 2.18. The number of nitrogens with zero attached hydrogens (tertiary/aromatic N) is 1. The Hall–Kier alpha value is -0.860. The van der Waals surface area contributed by atoms with E-state index in [1.165, 1.54) is 58.4 Å². The van der Waals surface area contributed by atoms with Crippen LogP contribution in [0.5, 0.6) is 0 Å². The van der Waals surface area contributed by atoms with Gasteiger partial charge < -0.3 is 10.2 Å². The van der Waals surface area contributed by atoms with Gasteiger partial charge in [0.2, 0.25) is 0 Å². The average Bonchev–Trinajstić information content (AvgIpc) is 2.63. The monoisotopic (exact) mass is 244 g/mol. The Balaban J connectivity index is 1.57. The number of rotatable bonds is 2. The Morgan fingerprint density at radius 2 is 1.83 bits per heavy atom. The average molecular weight is 244 g/mol. The van der Waals surface area contributed by atoms with Crippen LogP contribution in [-0.2, 0) is 12.8 Å². The van der Waals surface area contributed by atoms with Crippen molar-refractivity contribution >= 4 is 0 Å². The van der Waals surface area contributed by atoms with Gasteiger partial charge in [-0.15, -0.1) is 0 Å². The molecular formula is C16H24N2. The van der Waals surface area contributed by atoms with Gasteiger partial charge in [-0.25, -0.2) is 0 Å². The summed E-state index contributed by atoms with van der Waals surface area (Å²) in [5.74, 6) is 0.875. The van der Waals surface area contributed by atoms with Crippen molar-refractivity contribution < 1.29 is 0 Å². The van der Waals surface area contributed by atoms with Crippen LogP contribution < -0.4 is 5.32 Å². The van der Waals surface area contributed by atoms with Crippen molar-refractivity contribution in [3.8, 4) is 0 Å². The molecule has 2 aliphatic heterocycles. The molecule has 18 heavy (non-hydrogen) atoms. The molecule has 1 fully saturated rings. The van der Waals surface area contributed by atoms with Gasteiger partial charge in [0.05, 0.1) is 0 Å². The normalized spacial score (nSPS) is 25.4. The molecule has 1 aromatic rings. The molecule has 98 valence electrons. The Morgan fingerprint density at radius 3 is 2.44 bits per heavy atom.